The van der Waals surface area contributed by atoms with Crippen LogP contribution in [0.25, 0.3) is 0 Å². The highest BCUT2D eigenvalue weighted by molar-refractivity contribution is 7.10. The van der Waals surface area contributed by atoms with Crippen LogP contribution in [-0.2, 0) is 0 Å². The summed E-state index contributed by atoms with van der Waals surface area (Å²) in [7, 11) is 0. The second kappa shape index (κ2) is 5.84. The molecule has 3 heteroatoms. The van der Waals surface area contributed by atoms with Crippen molar-refractivity contribution in [2.75, 3.05) is 18.0 Å². The van der Waals surface area contributed by atoms with E-state index in [0.717, 1.165) is 13.1 Å². The molecule has 1 aromatic heterocycles. The molecule has 1 aromatic carbocycles. The maximum Gasteiger partial charge on any atom is 0.0567 e. The van der Waals surface area contributed by atoms with Gasteiger partial charge in [0, 0.05) is 23.7 Å². The molecule has 0 aliphatic rings. The van der Waals surface area contributed by atoms with E-state index in [9.17, 15) is 0 Å². The Kier molecular flexibility index (Phi) is 4.18. The summed E-state index contributed by atoms with van der Waals surface area (Å²) in [6.45, 7) is 4.00. The van der Waals surface area contributed by atoms with Crippen LogP contribution >= 0.6 is 11.3 Å². The lowest BCUT2D eigenvalue weighted by Gasteiger charge is -2.26. The number of benzene rings is 1. The third-order valence-corrected chi connectivity index (χ3v) is 3.83. The zero-order valence-electron chi connectivity index (χ0n) is 10.0. The van der Waals surface area contributed by atoms with E-state index in [2.05, 4.69) is 53.6 Å². The zero-order valence-corrected chi connectivity index (χ0v) is 10.9. The van der Waals surface area contributed by atoms with Crippen LogP contribution in [-0.4, -0.2) is 13.1 Å². The van der Waals surface area contributed by atoms with Crippen molar-refractivity contribution in [1.82, 2.24) is 0 Å². The van der Waals surface area contributed by atoms with Crippen LogP contribution in [0, 0.1) is 0 Å². The Labute approximate surface area is 107 Å². The third-order valence-electron chi connectivity index (χ3n) is 2.83. The number of nitrogens with two attached hydrogens (primary N) is 1. The van der Waals surface area contributed by atoms with E-state index in [1.165, 1.54) is 10.6 Å². The molecule has 0 aliphatic carbocycles. The summed E-state index contributed by atoms with van der Waals surface area (Å²) >= 11 is 1.73. The van der Waals surface area contributed by atoms with Crippen LogP contribution in [0.2, 0.25) is 0 Å². The molecule has 0 radical (unpaired) electrons. The number of para-hydroxylation sites is 1. The van der Waals surface area contributed by atoms with Crippen LogP contribution in [0.1, 0.15) is 17.8 Å². The van der Waals surface area contributed by atoms with Crippen LogP contribution in [0.15, 0.2) is 47.8 Å². The minimum absolute atomic E-state index is 0.0927. The van der Waals surface area contributed by atoms with Crippen LogP contribution in [0.4, 0.5) is 5.69 Å². The fourth-order valence-electron chi connectivity index (χ4n) is 1.89. The molecule has 2 rings (SSSR count). The molecular weight excluding hydrogens is 228 g/mol. The molecule has 0 aliphatic heterocycles. The van der Waals surface area contributed by atoms with Gasteiger partial charge < -0.3 is 10.6 Å². The van der Waals surface area contributed by atoms with Gasteiger partial charge in [0.2, 0.25) is 0 Å². The number of hydrogen-bond acceptors (Lipinski definition) is 3. The summed E-state index contributed by atoms with van der Waals surface area (Å²) in [5, 5.41) is 2.08. The number of hydrogen-bond donors (Lipinski definition) is 1. The van der Waals surface area contributed by atoms with Gasteiger partial charge in [-0.2, -0.15) is 0 Å². The van der Waals surface area contributed by atoms with E-state index in [-0.39, 0.29) is 6.04 Å². The largest absolute Gasteiger partial charge is 0.370 e. The van der Waals surface area contributed by atoms with Gasteiger partial charge in [-0.05, 0) is 30.5 Å². The molecule has 1 unspecified atom stereocenters. The van der Waals surface area contributed by atoms with Gasteiger partial charge in [-0.15, -0.1) is 11.3 Å². The smallest absolute Gasteiger partial charge is 0.0567 e. The van der Waals surface area contributed by atoms with Crippen LogP contribution < -0.4 is 10.6 Å². The first kappa shape index (κ1) is 12.1. The molecule has 0 spiro atoms. The Morgan fingerprint density at radius 3 is 2.53 bits per heavy atom. The SMILES string of the molecule is CCN(CC(N)c1cccs1)c1ccccc1. The van der Waals surface area contributed by atoms with Crippen molar-refractivity contribution in [3.8, 4) is 0 Å². The molecule has 1 heterocycles. The van der Waals surface area contributed by atoms with Gasteiger partial charge in [0.25, 0.3) is 0 Å². The molecule has 1 atom stereocenters. The van der Waals surface area contributed by atoms with Gasteiger partial charge in [-0.3, -0.25) is 0 Å². The molecular formula is C14H18N2S. The number of anilines is 1. The highest BCUT2D eigenvalue weighted by atomic mass is 32.1. The Balaban J connectivity index is 2.06. The quantitative estimate of drug-likeness (QED) is 0.877. The molecule has 0 fully saturated rings. The number of thiophene rings is 1. The van der Waals surface area contributed by atoms with E-state index in [4.69, 9.17) is 5.73 Å². The standard InChI is InChI=1S/C14H18N2S/c1-2-16(12-7-4-3-5-8-12)11-13(15)14-9-6-10-17-14/h3-10,13H,2,11,15H2,1H3. The summed E-state index contributed by atoms with van der Waals surface area (Å²) in [6, 6.07) is 14.7. The minimum atomic E-state index is 0.0927. The number of nitrogens with zero attached hydrogens (tertiary/aromatic N) is 1. The van der Waals surface area contributed by atoms with Crippen molar-refractivity contribution in [3.05, 3.63) is 52.7 Å². The van der Waals surface area contributed by atoms with E-state index in [1.54, 1.807) is 11.3 Å². The van der Waals surface area contributed by atoms with Crippen molar-refractivity contribution in [3.63, 3.8) is 0 Å². The second-order valence-electron chi connectivity index (χ2n) is 4.00. The Hall–Kier alpha value is -1.32. The molecule has 90 valence electrons. The number of rotatable bonds is 5. The Morgan fingerprint density at radius 2 is 1.94 bits per heavy atom. The van der Waals surface area contributed by atoms with E-state index in [1.807, 2.05) is 6.07 Å². The summed E-state index contributed by atoms with van der Waals surface area (Å²) in [4.78, 5) is 3.56. The lowest BCUT2D eigenvalue weighted by molar-refractivity contribution is 0.687. The number of likely N-dealkylation sites (N-methyl/N-ethyl adjacent to an activating group) is 1. The van der Waals surface area contributed by atoms with Gasteiger partial charge in [-0.25, -0.2) is 0 Å². The molecule has 0 saturated carbocycles. The zero-order chi connectivity index (χ0) is 12.1. The molecule has 2 nitrogen and oxygen atoms in total. The van der Waals surface area contributed by atoms with Gasteiger partial charge >= 0.3 is 0 Å². The van der Waals surface area contributed by atoms with Crippen molar-refractivity contribution in [1.29, 1.82) is 0 Å². The van der Waals surface area contributed by atoms with Crippen LogP contribution in [0.3, 0.4) is 0 Å². The average Bonchev–Trinajstić information content (AvgIpc) is 2.90. The lowest BCUT2D eigenvalue weighted by Crippen LogP contribution is -2.31. The van der Waals surface area contributed by atoms with E-state index < -0.39 is 0 Å². The first-order valence-electron chi connectivity index (χ1n) is 5.90. The fourth-order valence-corrected chi connectivity index (χ4v) is 2.61. The molecule has 0 bridgehead atoms. The minimum Gasteiger partial charge on any atom is -0.370 e. The third kappa shape index (κ3) is 3.08. The maximum atomic E-state index is 6.22. The summed E-state index contributed by atoms with van der Waals surface area (Å²) in [5.41, 5.74) is 7.46. The van der Waals surface area contributed by atoms with Crippen LogP contribution in [0.5, 0.6) is 0 Å². The summed E-state index contributed by atoms with van der Waals surface area (Å²) in [6.07, 6.45) is 0. The predicted octanol–water partition coefficient (Wildman–Crippen LogP) is 3.27. The summed E-state index contributed by atoms with van der Waals surface area (Å²) in [5.74, 6) is 0. The molecule has 2 N–H and O–H groups in total. The highest BCUT2D eigenvalue weighted by Gasteiger charge is 2.12. The topological polar surface area (TPSA) is 29.3 Å². The van der Waals surface area contributed by atoms with Crippen molar-refractivity contribution in [2.24, 2.45) is 5.73 Å². The maximum absolute atomic E-state index is 6.22. The van der Waals surface area contributed by atoms with Gasteiger partial charge in [0.15, 0.2) is 0 Å². The molecule has 2 aromatic rings. The molecule has 0 saturated heterocycles. The lowest BCUT2D eigenvalue weighted by atomic mass is 10.2. The average molecular weight is 246 g/mol. The Morgan fingerprint density at radius 1 is 1.18 bits per heavy atom. The normalized spacial score (nSPS) is 12.4. The first-order chi connectivity index (χ1) is 8.31. The predicted molar refractivity (Wildman–Crippen MR) is 75.6 cm³/mol. The van der Waals surface area contributed by atoms with Crippen molar-refractivity contribution < 1.29 is 0 Å². The Bertz CT molecular complexity index is 425. The highest BCUT2D eigenvalue weighted by Crippen LogP contribution is 2.20. The van der Waals surface area contributed by atoms with E-state index >= 15 is 0 Å². The summed E-state index contributed by atoms with van der Waals surface area (Å²) < 4.78 is 0. The monoisotopic (exact) mass is 246 g/mol. The first-order valence-corrected chi connectivity index (χ1v) is 6.78. The van der Waals surface area contributed by atoms with Gasteiger partial charge in [0.1, 0.15) is 0 Å². The van der Waals surface area contributed by atoms with Gasteiger partial charge in [-0.1, -0.05) is 24.3 Å². The molecule has 17 heavy (non-hydrogen) atoms. The van der Waals surface area contributed by atoms with Crippen molar-refractivity contribution >= 4 is 17.0 Å². The van der Waals surface area contributed by atoms with E-state index in [0.29, 0.717) is 0 Å². The van der Waals surface area contributed by atoms with Gasteiger partial charge in [0.05, 0.1) is 6.04 Å². The van der Waals surface area contributed by atoms with Crippen molar-refractivity contribution in [2.45, 2.75) is 13.0 Å². The fraction of sp³-hybridized carbons (Fsp3) is 0.286. The molecule has 0 amide bonds. The second-order valence-corrected chi connectivity index (χ2v) is 4.98.